The average molecular weight is 444 g/mol. The molecule has 2 aliphatic carbocycles. The Morgan fingerprint density at radius 3 is 2.52 bits per heavy atom. The zero-order valence-corrected chi connectivity index (χ0v) is 20.5. The van der Waals surface area contributed by atoms with E-state index in [-0.39, 0.29) is 11.2 Å². The minimum Gasteiger partial charge on any atom is -0.304 e. The number of carbonyl (C=O) groups is 1. The van der Waals surface area contributed by atoms with E-state index in [4.69, 9.17) is 4.98 Å². The van der Waals surface area contributed by atoms with Crippen molar-refractivity contribution in [1.29, 1.82) is 0 Å². The molecule has 2 saturated carbocycles. The van der Waals surface area contributed by atoms with Gasteiger partial charge in [0.2, 0.25) is 0 Å². The van der Waals surface area contributed by atoms with Crippen molar-refractivity contribution in [2.45, 2.75) is 103 Å². The van der Waals surface area contributed by atoms with Crippen molar-refractivity contribution in [1.82, 2.24) is 14.4 Å². The topological polar surface area (TPSA) is 47.3 Å². The lowest BCUT2D eigenvalue weighted by Crippen LogP contribution is -2.22. The molecule has 0 atom stereocenters. The van der Waals surface area contributed by atoms with Gasteiger partial charge in [0.25, 0.3) is 0 Å². The number of aromatic nitrogens is 3. The second kappa shape index (κ2) is 9.04. The van der Waals surface area contributed by atoms with E-state index in [1.54, 1.807) is 0 Å². The third kappa shape index (κ3) is 4.02. The Morgan fingerprint density at radius 2 is 1.82 bits per heavy atom. The van der Waals surface area contributed by atoms with E-state index in [0.29, 0.717) is 18.0 Å². The predicted molar refractivity (Wildman–Crippen MR) is 134 cm³/mol. The Morgan fingerprint density at radius 1 is 1.06 bits per heavy atom. The molecule has 0 aromatic carbocycles. The first-order valence-electron chi connectivity index (χ1n) is 13.1. The molecule has 0 aliphatic heterocycles. The first-order valence-corrected chi connectivity index (χ1v) is 13.1. The second-order valence-corrected chi connectivity index (χ2v) is 10.4. The van der Waals surface area contributed by atoms with Gasteiger partial charge in [0.1, 0.15) is 12.0 Å². The SMILES string of the molecule is CCCC(=O)c1cc2c(-c3cc(C)cc(C4(CC)CCCC4)n3)cc(C3CCCC3)n2cn1. The minimum atomic E-state index is 0.128. The molecule has 3 aromatic heterocycles. The van der Waals surface area contributed by atoms with Crippen LogP contribution in [-0.2, 0) is 5.41 Å². The number of nitrogens with zero attached hydrogens (tertiary/aromatic N) is 3. The number of rotatable bonds is 7. The Bertz CT molecular complexity index is 1160. The van der Waals surface area contributed by atoms with Crippen LogP contribution in [0.4, 0.5) is 0 Å². The fourth-order valence-electron chi connectivity index (χ4n) is 6.29. The Labute approximate surface area is 197 Å². The molecule has 2 aliphatic rings. The van der Waals surface area contributed by atoms with Crippen molar-refractivity contribution < 1.29 is 4.79 Å². The van der Waals surface area contributed by atoms with Gasteiger partial charge in [-0.05, 0) is 81.2 Å². The Balaban J connectivity index is 1.68. The van der Waals surface area contributed by atoms with Crippen LogP contribution in [0.1, 0.15) is 118 Å². The van der Waals surface area contributed by atoms with E-state index < -0.39 is 0 Å². The summed E-state index contributed by atoms with van der Waals surface area (Å²) in [7, 11) is 0. The molecule has 0 bridgehead atoms. The fraction of sp³-hybridized carbons (Fsp3) is 0.552. The lowest BCUT2D eigenvalue weighted by atomic mass is 9.79. The van der Waals surface area contributed by atoms with Gasteiger partial charge in [-0.1, -0.05) is 39.5 Å². The maximum atomic E-state index is 12.7. The quantitative estimate of drug-likeness (QED) is 0.354. The number of Topliss-reactive ketones (excluding diaryl/α,β-unsaturated/α-hetero) is 1. The molecule has 0 unspecified atom stereocenters. The van der Waals surface area contributed by atoms with Crippen LogP contribution >= 0.6 is 0 Å². The summed E-state index contributed by atoms with van der Waals surface area (Å²) in [5.41, 5.74) is 7.93. The molecule has 4 nitrogen and oxygen atoms in total. The van der Waals surface area contributed by atoms with E-state index >= 15 is 0 Å². The molecule has 4 heteroatoms. The normalized spacial score (nSPS) is 18.4. The standard InChI is InChI=1S/C29H37N3O/c1-4-10-27(33)24-18-26-22(17-25(32(26)19-30-24)21-11-6-7-12-21)23-15-20(3)16-28(31-23)29(5-2)13-8-9-14-29/h15-19,21H,4-14H2,1-3H3. The van der Waals surface area contributed by atoms with Crippen molar-refractivity contribution in [3.8, 4) is 11.3 Å². The van der Waals surface area contributed by atoms with Gasteiger partial charge in [-0.3, -0.25) is 9.78 Å². The van der Waals surface area contributed by atoms with Crippen molar-refractivity contribution in [2.24, 2.45) is 0 Å². The fourth-order valence-corrected chi connectivity index (χ4v) is 6.29. The lowest BCUT2D eigenvalue weighted by molar-refractivity contribution is 0.0977. The van der Waals surface area contributed by atoms with Crippen LogP contribution in [0.3, 0.4) is 0 Å². The molecule has 2 fully saturated rings. The molecule has 0 spiro atoms. The zero-order chi connectivity index (χ0) is 23.0. The summed E-state index contributed by atoms with van der Waals surface area (Å²) < 4.78 is 2.24. The van der Waals surface area contributed by atoms with Crippen LogP contribution in [0, 0.1) is 6.92 Å². The molecule has 3 heterocycles. The number of carbonyl (C=O) groups excluding carboxylic acids is 1. The highest BCUT2D eigenvalue weighted by Gasteiger charge is 2.35. The summed E-state index contributed by atoms with van der Waals surface area (Å²) in [6, 6.07) is 8.90. The summed E-state index contributed by atoms with van der Waals surface area (Å²) in [6.45, 7) is 6.56. The van der Waals surface area contributed by atoms with E-state index in [9.17, 15) is 4.79 Å². The average Bonchev–Trinajstić information content (AvgIpc) is 3.58. The van der Waals surface area contributed by atoms with Crippen LogP contribution in [0.2, 0.25) is 0 Å². The van der Waals surface area contributed by atoms with Gasteiger partial charge in [-0.15, -0.1) is 0 Å². The zero-order valence-electron chi connectivity index (χ0n) is 20.5. The summed E-state index contributed by atoms with van der Waals surface area (Å²) in [5, 5.41) is 0. The van der Waals surface area contributed by atoms with Crippen LogP contribution < -0.4 is 0 Å². The smallest absolute Gasteiger partial charge is 0.181 e. The molecule has 0 N–H and O–H groups in total. The highest BCUT2D eigenvalue weighted by atomic mass is 16.1. The number of fused-ring (bicyclic) bond motifs is 1. The van der Waals surface area contributed by atoms with E-state index in [2.05, 4.69) is 41.4 Å². The van der Waals surface area contributed by atoms with Crippen molar-refractivity contribution in [2.75, 3.05) is 0 Å². The van der Waals surface area contributed by atoms with Gasteiger partial charge in [0.15, 0.2) is 5.78 Å². The van der Waals surface area contributed by atoms with Crippen LogP contribution in [0.25, 0.3) is 16.8 Å². The second-order valence-electron chi connectivity index (χ2n) is 10.4. The molecule has 5 rings (SSSR count). The highest BCUT2D eigenvalue weighted by Crippen LogP contribution is 2.44. The summed E-state index contributed by atoms with van der Waals surface area (Å²) in [4.78, 5) is 22.6. The molecular formula is C29H37N3O. The maximum Gasteiger partial charge on any atom is 0.181 e. The highest BCUT2D eigenvalue weighted by molar-refractivity contribution is 5.96. The molecule has 0 radical (unpaired) electrons. The molecule has 0 saturated heterocycles. The van der Waals surface area contributed by atoms with Gasteiger partial charge in [0, 0.05) is 28.8 Å². The molecule has 33 heavy (non-hydrogen) atoms. The number of ketones is 1. The minimum absolute atomic E-state index is 0.128. The Hall–Kier alpha value is -2.49. The van der Waals surface area contributed by atoms with E-state index in [1.165, 1.54) is 68.3 Å². The summed E-state index contributed by atoms with van der Waals surface area (Å²) in [5.74, 6) is 0.690. The summed E-state index contributed by atoms with van der Waals surface area (Å²) in [6.07, 6.45) is 14.5. The monoisotopic (exact) mass is 443 g/mol. The van der Waals surface area contributed by atoms with Gasteiger partial charge in [0.05, 0.1) is 11.2 Å². The van der Waals surface area contributed by atoms with Crippen LogP contribution in [0.15, 0.2) is 30.6 Å². The number of hydrogen-bond donors (Lipinski definition) is 0. The lowest BCUT2D eigenvalue weighted by Gasteiger charge is -2.27. The van der Waals surface area contributed by atoms with Gasteiger partial charge in [-0.25, -0.2) is 4.98 Å². The Kier molecular flexibility index (Phi) is 6.11. The molecule has 174 valence electrons. The van der Waals surface area contributed by atoms with Gasteiger partial charge < -0.3 is 4.40 Å². The largest absolute Gasteiger partial charge is 0.304 e. The number of pyridine rings is 1. The van der Waals surface area contributed by atoms with Crippen molar-refractivity contribution in [3.05, 3.63) is 53.2 Å². The van der Waals surface area contributed by atoms with E-state index in [0.717, 1.165) is 29.6 Å². The maximum absolute atomic E-state index is 12.7. The van der Waals surface area contributed by atoms with Gasteiger partial charge in [-0.2, -0.15) is 0 Å². The third-order valence-electron chi connectivity index (χ3n) is 8.25. The van der Waals surface area contributed by atoms with E-state index in [1.807, 2.05) is 19.3 Å². The van der Waals surface area contributed by atoms with Crippen LogP contribution in [-0.4, -0.2) is 20.2 Å². The molecule has 0 amide bonds. The first kappa shape index (κ1) is 22.3. The van der Waals surface area contributed by atoms with Crippen LogP contribution in [0.5, 0.6) is 0 Å². The first-order chi connectivity index (χ1) is 16.0. The molecule has 3 aromatic rings. The van der Waals surface area contributed by atoms with Crippen molar-refractivity contribution in [3.63, 3.8) is 0 Å². The number of aryl methyl sites for hydroxylation is 1. The summed E-state index contributed by atoms with van der Waals surface area (Å²) >= 11 is 0. The van der Waals surface area contributed by atoms with Crippen molar-refractivity contribution >= 4 is 11.3 Å². The number of hydrogen-bond acceptors (Lipinski definition) is 3. The molecular weight excluding hydrogens is 406 g/mol. The third-order valence-corrected chi connectivity index (χ3v) is 8.25. The van der Waals surface area contributed by atoms with Gasteiger partial charge >= 0.3 is 0 Å². The predicted octanol–water partition coefficient (Wildman–Crippen LogP) is 7.57.